The molecule has 0 amide bonds. The lowest BCUT2D eigenvalue weighted by Crippen LogP contribution is -2.44. The van der Waals surface area contributed by atoms with Crippen LogP contribution in [0.2, 0.25) is 0 Å². The molecule has 0 saturated carbocycles. The van der Waals surface area contributed by atoms with Gasteiger partial charge in [0.15, 0.2) is 0 Å². The first-order chi connectivity index (χ1) is 12.2. The van der Waals surface area contributed by atoms with Crippen LogP contribution < -0.4 is 10.6 Å². The lowest BCUT2D eigenvalue weighted by molar-refractivity contribution is 0.313. The van der Waals surface area contributed by atoms with Crippen LogP contribution in [0.5, 0.6) is 0 Å². The summed E-state index contributed by atoms with van der Waals surface area (Å²) in [6.07, 6.45) is 1.85. The largest absolute Gasteiger partial charge is 0.398 e. The van der Waals surface area contributed by atoms with E-state index in [0.717, 1.165) is 54.3 Å². The Morgan fingerprint density at radius 3 is 2.44 bits per heavy atom. The van der Waals surface area contributed by atoms with Crippen LogP contribution in [0.15, 0.2) is 54.7 Å². The molecule has 5 heteroatoms. The number of nitrogens with zero attached hydrogens (tertiary/aromatic N) is 3. The topological polar surface area (TPSA) is 61.2 Å². The van der Waals surface area contributed by atoms with Gasteiger partial charge in [-0.05, 0) is 36.9 Å². The van der Waals surface area contributed by atoms with Gasteiger partial charge in [-0.2, -0.15) is 5.10 Å². The van der Waals surface area contributed by atoms with Gasteiger partial charge >= 0.3 is 0 Å². The van der Waals surface area contributed by atoms with Crippen LogP contribution >= 0.6 is 0 Å². The van der Waals surface area contributed by atoms with E-state index in [2.05, 4.69) is 51.3 Å². The highest BCUT2D eigenvalue weighted by atomic mass is 15.2. The summed E-state index contributed by atoms with van der Waals surface area (Å²) in [5, 5.41) is 7.28. The number of H-pyrrole nitrogens is 1. The van der Waals surface area contributed by atoms with Gasteiger partial charge in [-0.3, -0.25) is 5.10 Å². The van der Waals surface area contributed by atoms with Crippen molar-refractivity contribution < 1.29 is 0 Å². The first kappa shape index (κ1) is 15.7. The van der Waals surface area contributed by atoms with Crippen LogP contribution in [0.4, 0.5) is 11.4 Å². The lowest BCUT2D eigenvalue weighted by atomic mass is 9.95. The number of anilines is 2. The van der Waals surface area contributed by atoms with Crippen LogP contribution in [0.3, 0.4) is 0 Å². The number of nitrogens with one attached hydrogen (secondary N) is 1. The van der Waals surface area contributed by atoms with E-state index in [1.807, 2.05) is 30.5 Å². The minimum absolute atomic E-state index is 0.787. The summed E-state index contributed by atoms with van der Waals surface area (Å²) >= 11 is 0. The first-order valence-electron chi connectivity index (χ1n) is 8.65. The number of hydrogen-bond acceptors (Lipinski definition) is 4. The average molecular weight is 333 g/mol. The zero-order valence-corrected chi connectivity index (χ0v) is 14.4. The standard InChI is InChI=1S/C20H23N5/c1-24-10-12-25(13-11-24)15-6-7-17(20-8-9-22-23-20)18(14-15)16-4-2-3-5-19(16)21/h2-9,14H,10-13,21H2,1H3,(H,22,23). The Morgan fingerprint density at radius 1 is 0.920 bits per heavy atom. The van der Waals surface area contributed by atoms with Crippen molar-refractivity contribution in [3.8, 4) is 22.4 Å². The van der Waals surface area contributed by atoms with Crippen LogP contribution in [0, 0.1) is 0 Å². The molecule has 1 aliphatic rings. The van der Waals surface area contributed by atoms with E-state index < -0.39 is 0 Å². The molecule has 0 spiro atoms. The summed E-state index contributed by atoms with van der Waals surface area (Å²) in [7, 11) is 2.17. The summed E-state index contributed by atoms with van der Waals surface area (Å²) in [6.45, 7) is 4.26. The maximum Gasteiger partial charge on any atom is 0.0926 e. The SMILES string of the molecule is CN1CCN(c2ccc(-c3cc[nH]n3)c(-c3ccccc3N)c2)CC1. The molecular formula is C20H23N5. The van der Waals surface area contributed by atoms with Crippen molar-refractivity contribution in [1.29, 1.82) is 0 Å². The van der Waals surface area contributed by atoms with E-state index in [1.165, 1.54) is 5.69 Å². The van der Waals surface area contributed by atoms with Gasteiger partial charge in [0.25, 0.3) is 0 Å². The van der Waals surface area contributed by atoms with E-state index in [4.69, 9.17) is 5.73 Å². The number of aromatic nitrogens is 2. The summed E-state index contributed by atoms with van der Waals surface area (Å²) in [5.41, 5.74) is 12.5. The van der Waals surface area contributed by atoms with Gasteiger partial charge in [-0.25, -0.2) is 0 Å². The summed E-state index contributed by atoms with van der Waals surface area (Å²) in [5.74, 6) is 0. The molecule has 1 saturated heterocycles. The summed E-state index contributed by atoms with van der Waals surface area (Å²) in [6, 6.07) is 16.6. The number of benzene rings is 2. The Bertz CT molecular complexity index is 848. The molecule has 2 heterocycles. The molecular weight excluding hydrogens is 310 g/mol. The molecule has 0 atom stereocenters. The molecule has 3 N–H and O–H groups in total. The molecule has 1 aliphatic heterocycles. The van der Waals surface area contributed by atoms with Gasteiger partial charge in [-0.1, -0.05) is 24.3 Å². The summed E-state index contributed by atoms with van der Waals surface area (Å²) < 4.78 is 0. The average Bonchev–Trinajstić information content (AvgIpc) is 3.17. The van der Waals surface area contributed by atoms with Crippen LogP contribution in [-0.4, -0.2) is 48.3 Å². The number of para-hydroxylation sites is 1. The molecule has 0 unspecified atom stereocenters. The number of nitrogen functional groups attached to an aromatic ring is 1. The van der Waals surface area contributed by atoms with Crippen molar-refractivity contribution in [3.63, 3.8) is 0 Å². The molecule has 1 aromatic heterocycles. The Hall–Kier alpha value is -2.79. The molecule has 25 heavy (non-hydrogen) atoms. The highest BCUT2D eigenvalue weighted by molar-refractivity contribution is 5.89. The minimum Gasteiger partial charge on any atom is -0.398 e. The number of nitrogens with two attached hydrogens (primary N) is 1. The van der Waals surface area contributed by atoms with Crippen LogP contribution in [0.1, 0.15) is 0 Å². The van der Waals surface area contributed by atoms with E-state index in [1.54, 1.807) is 0 Å². The highest BCUT2D eigenvalue weighted by Gasteiger charge is 2.18. The second-order valence-corrected chi connectivity index (χ2v) is 6.57. The number of piperazine rings is 1. The predicted octanol–water partition coefficient (Wildman–Crippen LogP) is 3.08. The van der Waals surface area contributed by atoms with Gasteiger partial charge in [0.05, 0.1) is 5.69 Å². The van der Waals surface area contributed by atoms with Gasteiger partial charge in [-0.15, -0.1) is 0 Å². The Balaban J connectivity index is 1.80. The fourth-order valence-corrected chi connectivity index (χ4v) is 3.39. The van der Waals surface area contributed by atoms with Crippen molar-refractivity contribution in [3.05, 3.63) is 54.7 Å². The zero-order valence-electron chi connectivity index (χ0n) is 14.4. The maximum absolute atomic E-state index is 6.27. The van der Waals surface area contributed by atoms with Gasteiger partial charge in [0.1, 0.15) is 0 Å². The smallest absolute Gasteiger partial charge is 0.0926 e. The van der Waals surface area contributed by atoms with Gasteiger partial charge < -0.3 is 15.5 Å². The molecule has 0 aliphatic carbocycles. The van der Waals surface area contributed by atoms with Crippen molar-refractivity contribution in [2.45, 2.75) is 0 Å². The van der Waals surface area contributed by atoms with Crippen LogP contribution in [0.25, 0.3) is 22.4 Å². The molecule has 5 nitrogen and oxygen atoms in total. The fraction of sp³-hybridized carbons (Fsp3) is 0.250. The minimum atomic E-state index is 0.787. The second kappa shape index (κ2) is 6.61. The Morgan fingerprint density at radius 2 is 1.72 bits per heavy atom. The lowest BCUT2D eigenvalue weighted by Gasteiger charge is -2.34. The monoisotopic (exact) mass is 333 g/mol. The van der Waals surface area contributed by atoms with E-state index in [-0.39, 0.29) is 0 Å². The fourth-order valence-electron chi connectivity index (χ4n) is 3.39. The summed E-state index contributed by atoms with van der Waals surface area (Å²) in [4.78, 5) is 4.81. The molecule has 2 aromatic carbocycles. The molecule has 0 radical (unpaired) electrons. The first-order valence-corrected chi connectivity index (χ1v) is 8.65. The molecule has 4 rings (SSSR count). The third-order valence-electron chi connectivity index (χ3n) is 4.90. The van der Waals surface area contributed by atoms with Crippen LogP contribution in [-0.2, 0) is 0 Å². The van der Waals surface area contributed by atoms with E-state index in [9.17, 15) is 0 Å². The number of hydrogen-bond donors (Lipinski definition) is 2. The number of aromatic amines is 1. The third-order valence-corrected chi connectivity index (χ3v) is 4.90. The van der Waals surface area contributed by atoms with Crippen molar-refractivity contribution in [1.82, 2.24) is 15.1 Å². The molecule has 1 fully saturated rings. The Kier molecular flexibility index (Phi) is 4.15. The third kappa shape index (κ3) is 3.10. The molecule has 3 aromatic rings. The normalized spacial score (nSPS) is 15.5. The van der Waals surface area contributed by atoms with Gasteiger partial charge in [0.2, 0.25) is 0 Å². The number of rotatable bonds is 3. The van der Waals surface area contributed by atoms with E-state index >= 15 is 0 Å². The quantitative estimate of drug-likeness (QED) is 0.723. The highest BCUT2D eigenvalue weighted by Crippen LogP contribution is 2.37. The molecule has 0 bridgehead atoms. The second-order valence-electron chi connectivity index (χ2n) is 6.57. The van der Waals surface area contributed by atoms with Crippen molar-refractivity contribution in [2.75, 3.05) is 43.9 Å². The number of likely N-dealkylation sites (N-methyl/N-ethyl adjacent to an activating group) is 1. The van der Waals surface area contributed by atoms with Gasteiger partial charge in [0, 0.05) is 54.9 Å². The maximum atomic E-state index is 6.27. The van der Waals surface area contributed by atoms with Crippen molar-refractivity contribution >= 4 is 11.4 Å². The van der Waals surface area contributed by atoms with E-state index in [0.29, 0.717) is 0 Å². The predicted molar refractivity (Wildman–Crippen MR) is 104 cm³/mol. The zero-order chi connectivity index (χ0) is 17.2. The van der Waals surface area contributed by atoms with Crippen molar-refractivity contribution in [2.24, 2.45) is 0 Å². The Labute approximate surface area is 148 Å². The molecule has 128 valence electrons.